The van der Waals surface area contributed by atoms with Crippen molar-refractivity contribution in [2.24, 2.45) is 0 Å². The molecule has 0 spiro atoms. The maximum Gasteiger partial charge on any atom is 0.301 e. The van der Waals surface area contributed by atoms with Crippen molar-refractivity contribution in [3.63, 3.8) is 0 Å². The lowest BCUT2D eigenvalue weighted by molar-refractivity contribution is -0.132. The van der Waals surface area contributed by atoms with Gasteiger partial charge >= 0.3 is 5.91 Å². The standard InChI is InChI=1S/C28H22Cl2N2O5S/c1-3-36-20-12-7-16(13-21(20)37-4-2)24-23(25(33)15-5-8-17(29)9-6-15)26(34)27(35)32(24)28-31-19-11-10-18(30)14-22(19)38-28/h5-14,24,33H,3-4H2,1-2H3. The quantitative estimate of drug-likeness (QED) is 0.146. The number of nitrogens with zero attached hydrogens (tertiary/aromatic N) is 2. The molecule has 0 bridgehead atoms. The number of ether oxygens (including phenoxy) is 2. The van der Waals surface area contributed by atoms with Crippen molar-refractivity contribution < 1.29 is 24.2 Å². The Morgan fingerprint density at radius 2 is 1.63 bits per heavy atom. The second-order valence-corrected chi connectivity index (χ2v) is 10.2. The number of aromatic nitrogens is 1. The Balaban J connectivity index is 1.73. The van der Waals surface area contributed by atoms with Crippen LogP contribution in [-0.4, -0.2) is 35.0 Å². The number of benzene rings is 3. The molecule has 1 fully saturated rings. The van der Waals surface area contributed by atoms with Gasteiger partial charge in [0.2, 0.25) is 0 Å². The fourth-order valence-electron chi connectivity index (χ4n) is 4.34. The van der Waals surface area contributed by atoms with Crippen LogP contribution in [-0.2, 0) is 9.59 Å². The van der Waals surface area contributed by atoms with Gasteiger partial charge in [0.15, 0.2) is 16.6 Å². The Morgan fingerprint density at radius 3 is 2.34 bits per heavy atom. The predicted octanol–water partition coefficient (Wildman–Crippen LogP) is 7.03. The number of hydrogen-bond acceptors (Lipinski definition) is 7. The lowest BCUT2D eigenvalue weighted by Gasteiger charge is -2.24. The molecule has 1 aromatic heterocycles. The van der Waals surface area contributed by atoms with E-state index in [2.05, 4.69) is 4.98 Å². The third kappa shape index (κ3) is 4.71. The molecule has 4 aromatic rings. The first-order valence-electron chi connectivity index (χ1n) is 11.8. The summed E-state index contributed by atoms with van der Waals surface area (Å²) in [4.78, 5) is 32.9. The maximum absolute atomic E-state index is 13.5. The lowest BCUT2D eigenvalue weighted by Crippen LogP contribution is -2.29. The van der Waals surface area contributed by atoms with Crippen LogP contribution in [0.4, 0.5) is 5.13 Å². The van der Waals surface area contributed by atoms with Crippen LogP contribution in [0.2, 0.25) is 10.0 Å². The largest absolute Gasteiger partial charge is 0.507 e. The summed E-state index contributed by atoms with van der Waals surface area (Å²) in [5.41, 5.74) is 1.46. The number of anilines is 1. The van der Waals surface area contributed by atoms with Gasteiger partial charge in [0.05, 0.1) is 35.0 Å². The number of halogens is 2. The van der Waals surface area contributed by atoms with E-state index in [-0.39, 0.29) is 11.3 Å². The smallest absolute Gasteiger partial charge is 0.301 e. The summed E-state index contributed by atoms with van der Waals surface area (Å²) in [6.07, 6.45) is 0. The average Bonchev–Trinajstić information content (AvgIpc) is 3.43. The monoisotopic (exact) mass is 568 g/mol. The maximum atomic E-state index is 13.5. The number of carbonyl (C=O) groups is 2. The van der Waals surface area contributed by atoms with Gasteiger partial charge in [0.25, 0.3) is 5.78 Å². The van der Waals surface area contributed by atoms with Gasteiger partial charge in [-0.05, 0) is 74.0 Å². The minimum absolute atomic E-state index is 0.0683. The second kappa shape index (κ2) is 10.6. The van der Waals surface area contributed by atoms with Crippen LogP contribution in [0, 0.1) is 0 Å². The first-order chi connectivity index (χ1) is 18.3. The first-order valence-corrected chi connectivity index (χ1v) is 13.4. The van der Waals surface area contributed by atoms with Crippen LogP contribution in [0.25, 0.3) is 16.0 Å². The Labute approximate surface area is 232 Å². The highest BCUT2D eigenvalue weighted by Crippen LogP contribution is 2.46. The molecule has 1 saturated heterocycles. The summed E-state index contributed by atoms with van der Waals surface area (Å²) >= 11 is 13.4. The number of rotatable bonds is 7. The normalized spacial score (nSPS) is 16.8. The van der Waals surface area contributed by atoms with Crippen LogP contribution < -0.4 is 14.4 Å². The van der Waals surface area contributed by atoms with Crippen molar-refractivity contribution in [1.82, 2.24) is 4.98 Å². The van der Waals surface area contributed by atoms with Crippen LogP contribution in [0.3, 0.4) is 0 Å². The zero-order valence-electron chi connectivity index (χ0n) is 20.4. The topological polar surface area (TPSA) is 89.0 Å². The van der Waals surface area contributed by atoms with Gasteiger partial charge in [-0.15, -0.1) is 0 Å². The summed E-state index contributed by atoms with van der Waals surface area (Å²) in [7, 11) is 0. The van der Waals surface area contributed by atoms with Gasteiger partial charge in [-0.3, -0.25) is 14.5 Å². The SMILES string of the molecule is CCOc1ccc(C2C(=C(O)c3ccc(Cl)cc3)C(=O)C(=O)N2c2nc3ccc(Cl)cc3s2)cc1OCC. The first kappa shape index (κ1) is 26.0. The molecule has 0 saturated carbocycles. The zero-order chi connectivity index (χ0) is 27.0. The average molecular weight is 569 g/mol. The fourth-order valence-corrected chi connectivity index (χ4v) is 5.73. The molecule has 7 nitrogen and oxygen atoms in total. The summed E-state index contributed by atoms with van der Waals surface area (Å²) in [5, 5.41) is 12.6. The number of hydrogen-bond donors (Lipinski definition) is 1. The predicted molar refractivity (Wildman–Crippen MR) is 150 cm³/mol. The molecule has 2 heterocycles. The van der Waals surface area contributed by atoms with E-state index in [1.54, 1.807) is 60.7 Å². The van der Waals surface area contributed by atoms with Crippen molar-refractivity contribution >= 4 is 67.3 Å². The van der Waals surface area contributed by atoms with Gasteiger partial charge in [-0.25, -0.2) is 4.98 Å². The van der Waals surface area contributed by atoms with Crippen molar-refractivity contribution in [3.05, 3.63) is 87.4 Å². The van der Waals surface area contributed by atoms with E-state index < -0.39 is 17.7 Å². The van der Waals surface area contributed by atoms with E-state index in [4.69, 9.17) is 32.7 Å². The van der Waals surface area contributed by atoms with E-state index in [0.29, 0.717) is 56.5 Å². The molecule has 10 heteroatoms. The molecule has 3 aromatic carbocycles. The molecule has 1 aliphatic heterocycles. The molecule has 1 N–H and O–H groups in total. The highest BCUT2D eigenvalue weighted by Gasteiger charge is 2.48. The molecular weight excluding hydrogens is 547 g/mol. The third-order valence-electron chi connectivity index (χ3n) is 5.99. The number of amides is 1. The van der Waals surface area contributed by atoms with E-state index >= 15 is 0 Å². The number of ketones is 1. The summed E-state index contributed by atoms with van der Waals surface area (Å²) in [6.45, 7) is 4.53. The molecule has 38 heavy (non-hydrogen) atoms. The highest BCUT2D eigenvalue weighted by atomic mass is 35.5. The van der Waals surface area contributed by atoms with Gasteiger partial charge < -0.3 is 14.6 Å². The number of fused-ring (bicyclic) bond motifs is 1. The van der Waals surface area contributed by atoms with E-state index in [9.17, 15) is 14.7 Å². The van der Waals surface area contributed by atoms with Crippen LogP contribution >= 0.6 is 34.5 Å². The van der Waals surface area contributed by atoms with E-state index in [1.807, 2.05) is 13.8 Å². The van der Waals surface area contributed by atoms with Crippen LogP contribution in [0.15, 0.2) is 66.2 Å². The van der Waals surface area contributed by atoms with Gasteiger partial charge in [0.1, 0.15) is 5.76 Å². The van der Waals surface area contributed by atoms with E-state index in [1.165, 1.54) is 16.2 Å². The number of aliphatic hydroxyl groups excluding tert-OH is 1. The second-order valence-electron chi connectivity index (χ2n) is 8.36. The Kier molecular flexibility index (Phi) is 7.29. The van der Waals surface area contributed by atoms with Crippen molar-refractivity contribution in [2.45, 2.75) is 19.9 Å². The molecule has 0 aliphatic carbocycles. The Morgan fingerprint density at radius 1 is 0.947 bits per heavy atom. The molecule has 0 radical (unpaired) electrons. The van der Waals surface area contributed by atoms with Crippen LogP contribution in [0.5, 0.6) is 11.5 Å². The Hall–Kier alpha value is -3.59. The molecule has 1 atom stereocenters. The fraction of sp³-hybridized carbons (Fsp3) is 0.179. The minimum Gasteiger partial charge on any atom is -0.507 e. The third-order valence-corrected chi connectivity index (χ3v) is 7.50. The summed E-state index contributed by atoms with van der Waals surface area (Å²) in [5.74, 6) is -0.958. The van der Waals surface area contributed by atoms with Gasteiger partial charge in [-0.2, -0.15) is 0 Å². The number of aliphatic hydroxyl groups is 1. The van der Waals surface area contributed by atoms with E-state index in [0.717, 1.165) is 4.70 Å². The van der Waals surface area contributed by atoms with Crippen LogP contribution in [0.1, 0.15) is 31.0 Å². The molecule has 1 amide bonds. The van der Waals surface area contributed by atoms with Crippen molar-refractivity contribution in [3.8, 4) is 11.5 Å². The summed E-state index contributed by atoms with van der Waals surface area (Å²) in [6, 6.07) is 15.8. The van der Waals surface area contributed by atoms with Gasteiger partial charge in [0, 0.05) is 15.6 Å². The number of Topliss-reactive ketones (excluding diaryl/α,β-unsaturated/α-hetero) is 1. The zero-order valence-corrected chi connectivity index (χ0v) is 22.7. The molecule has 1 aliphatic rings. The minimum atomic E-state index is -0.975. The van der Waals surface area contributed by atoms with Crippen molar-refractivity contribution in [2.75, 3.05) is 18.1 Å². The molecular formula is C28H22Cl2N2O5S. The van der Waals surface area contributed by atoms with Gasteiger partial charge in [-0.1, -0.05) is 40.6 Å². The lowest BCUT2D eigenvalue weighted by atomic mass is 9.95. The number of carbonyl (C=O) groups excluding carboxylic acids is 2. The Bertz CT molecular complexity index is 1580. The van der Waals surface area contributed by atoms with Crippen molar-refractivity contribution in [1.29, 1.82) is 0 Å². The summed E-state index contributed by atoms with van der Waals surface area (Å²) < 4.78 is 12.3. The number of thiazole rings is 1. The molecule has 5 rings (SSSR count). The molecule has 194 valence electrons. The highest BCUT2D eigenvalue weighted by molar-refractivity contribution is 7.22. The molecule has 1 unspecified atom stereocenters.